The number of rotatable bonds is 4. The van der Waals surface area contributed by atoms with Gasteiger partial charge in [-0.05, 0) is 42.3 Å². The molecule has 0 atom stereocenters. The third kappa shape index (κ3) is 3.64. The lowest BCUT2D eigenvalue weighted by molar-refractivity contribution is -0.117. The SMILES string of the molecule is CN(Cc1ccc2c(c1)OCCO2)C(=O)c1ccc(Cl)cc1N1CCCC1=O. The van der Waals surface area contributed by atoms with Gasteiger partial charge in [-0.25, -0.2) is 0 Å². The van der Waals surface area contributed by atoms with Crippen LogP contribution in [-0.2, 0) is 11.3 Å². The van der Waals surface area contributed by atoms with Crippen molar-refractivity contribution >= 4 is 29.1 Å². The number of carbonyl (C=O) groups is 2. The van der Waals surface area contributed by atoms with Crippen molar-refractivity contribution in [3.05, 3.63) is 52.5 Å². The van der Waals surface area contributed by atoms with Crippen molar-refractivity contribution in [2.45, 2.75) is 19.4 Å². The number of benzene rings is 2. The number of amides is 2. The topological polar surface area (TPSA) is 59.1 Å². The van der Waals surface area contributed by atoms with E-state index in [1.807, 2.05) is 18.2 Å². The first kappa shape index (κ1) is 18.6. The number of hydrogen-bond acceptors (Lipinski definition) is 4. The molecular formula is C21H21ClN2O4. The zero-order chi connectivity index (χ0) is 19.7. The third-order valence-corrected chi connectivity index (χ3v) is 5.16. The molecule has 2 heterocycles. The Bertz CT molecular complexity index is 931. The van der Waals surface area contributed by atoms with E-state index in [9.17, 15) is 9.59 Å². The van der Waals surface area contributed by atoms with Crippen LogP contribution in [0.15, 0.2) is 36.4 Å². The maximum atomic E-state index is 13.1. The Morgan fingerprint density at radius 1 is 1.14 bits per heavy atom. The van der Waals surface area contributed by atoms with Gasteiger partial charge in [0.2, 0.25) is 5.91 Å². The van der Waals surface area contributed by atoms with Gasteiger partial charge in [0.1, 0.15) is 13.2 Å². The van der Waals surface area contributed by atoms with Crippen molar-refractivity contribution < 1.29 is 19.1 Å². The largest absolute Gasteiger partial charge is 0.486 e. The predicted octanol–water partition coefficient (Wildman–Crippen LogP) is 3.51. The second-order valence-corrected chi connectivity index (χ2v) is 7.39. The van der Waals surface area contributed by atoms with E-state index in [0.29, 0.717) is 54.7 Å². The third-order valence-electron chi connectivity index (χ3n) is 4.93. The van der Waals surface area contributed by atoms with Crippen LogP contribution in [0.2, 0.25) is 5.02 Å². The minimum Gasteiger partial charge on any atom is -0.486 e. The second-order valence-electron chi connectivity index (χ2n) is 6.95. The summed E-state index contributed by atoms with van der Waals surface area (Å²) in [6.07, 6.45) is 1.28. The van der Waals surface area contributed by atoms with Crippen LogP contribution in [0.1, 0.15) is 28.8 Å². The van der Waals surface area contributed by atoms with Gasteiger partial charge in [0.05, 0.1) is 11.3 Å². The van der Waals surface area contributed by atoms with E-state index in [4.69, 9.17) is 21.1 Å². The number of ether oxygens (including phenoxy) is 2. The smallest absolute Gasteiger partial charge is 0.256 e. The highest BCUT2D eigenvalue weighted by Gasteiger charge is 2.27. The molecule has 0 radical (unpaired) electrons. The lowest BCUT2D eigenvalue weighted by Crippen LogP contribution is -2.31. The predicted molar refractivity (Wildman–Crippen MR) is 106 cm³/mol. The first-order chi connectivity index (χ1) is 13.5. The Hall–Kier alpha value is -2.73. The molecule has 0 saturated carbocycles. The van der Waals surface area contributed by atoms with E-state index in [-0.39, 0.29) is 11.8 Å². The molecule has 146 valence electrons. The van der Waals surface area contributed by atoms with Crippen LogP contribution < -0.4 is 14.4 Å². The van der Waals surface area contributed by atoms with Crippen LogP contribution in [0.4, 0.5) is 5.69 Å². The maximum Gasteiger partial charge on any atom is 0.256 e. The molecule has 0 bridgehead atoms. The molecule has 0 unspecified atom stereocenters. The van der Waals surface area contributed by atoms with E-state index in [1.165, 1.54) is 0 Å². The Kier molecular flexibility index (Phi) is 5.13. The number of anilines is 1. The van der Waals surface area contributed by atoms with Crippen molar-refractivity contribution in [2.24, 2.45) is 0 Å². The van der Waals surface area contributed by atoms with Crippen LogP contribution in [0.5, 0.6) is 11.5 Å². The maximum absolute atomic E-state index is 13.1. The molecule has 2 aliphatic heterocycles. The Morgan fingerprint density at radius 2 is 1.93 bits per heavy atom. The lowest BCUT2D eigenvalue weighted by Gasteiger charge is -2.24. The number of nitrogens with zero attached hydrogens (tertiary/aromatic N) is 2. The molecule has 2 aromatic rings. The summed E-state index contributed by atoms with van der Waals surface area (Å²) in [6, 6.07) is 10.7. The van der Waals surface area contributed by atoms with Gasteiger partial charge in [0.25, 0.3) is 5.91 Å². The quantitative estimate of drug-likeness (QED) is 0.788. The molecule has 1 fully saturated rings. The van der Waals surface area contributed by atoms with Crippen LogP contribution in [-0.4, -0.2) is 43.5 Å². The van der Waals surface area contributed by atoms with Crippen molar-refractivity contribution in [1.29, 1.82) is 0 Å². The minimum atomic E-state index is -0.166. The molecule has 0 aliphatic carbocycles. The van der Waals surface area contributed by atoms with Gasteiger partial charge < -0.3 is 19.3 Å². The van der Waals surface area contributed by atoms with Crippen LogP contribution in [0.25, 0.3) is 0 Å². The summed E-state index contributed by atoms with van der Waals surface area (Å²) in [5, 5.41) is 0.501. The molecule has 2 amide bonds. The van der Waals surface area contributed by atoms with Crippen molar-refractivity contribution in [3.63, 3.8) is 0 Å². The number of fused-ring (bicyclic) bond motifs is 1. The highest BCUT2D eigenvalue weighted by atomic mass is 35.5. The van der Waals surface area contributed by atoms with E-state index in [2.05, 4.69) is 0 Å². The van der Waals surface area contributed by atoms with Crippen LogP contribution >= 0.6 is 11.6 Å². The molecule has 7 heteroatoms. The summed E-state index contributed by atoms with van der Waals surface area (Å²) >= 11 is 6.14. The molecule has 0 spiro atoms. The Morgan fingerprint density at radius 3 is 2.68 bits per heavy atom. The van der Waals surface area contributed by atoms with E-state index in [1.54, 1.807) is 35.0 Å². The summed E-state index contributed by atoms with van der Waals surface area (Å²) in [5.41, 5.74) is 1.99. The van der Waals surface area contributed by atoms with E-state index in [0.717, 1.165) is 17.7 Å². The molecule has 0 N–H and O–H groups in total. The molecule has 1 saturated heterocycles. The number of carbonyl (C=O) groups excluding carboxylic acids is 2. The van der Waals surface area contributed by atoms with Gasteiger partial charge in [0.15, 0.2) is 11.5 Å². The average Bonchev–Trinajstić information content (AvgIpc) is 3.13. The van der Waals surface area contributed by atoms with Crippen molar-refractivity contribution in [2.75, 3.05) is 31.7 Å². The molecule has 4 rings (SSSR count). The highest BCUT2D eigenvalue weighted by molar-refractivity contribution is 6.31. The molecule has 0 aromatic heterocycles. The summed E-state index contributed by atoms with van der Waals surface area (Å²) in [6.45, 7) is 2.07. The molecule has 28 heavy (non-hydrogen) atoms. The zero-order valence-electron chi connectivity index (χ0n) is 15.6. The van der Waals surface area contributed by atoms with Gasteiger partial charge in [-0.3, -0.25) is 9.59 Å². The first-order valence-corrected chi connectivity index (χ1v) is 9.64. The van der Waals surface area contributed by atoms with Crippen molar-refractivity contribution in [3.8, 4) is 11.5 Å². The first-order valence-electron chi connectivity index (χ1n) is 9.27. The fourth-order valence-corrected chi connectivity index (χ4v) is 3.72. The van der Waals surface area contributed by atoms with Crippen molar-refractivity contribution in [1.82, 2.24) is 4.90 Å². The van der Waals surface area contributed by atoms with Gasteiger partial charge in [-0.15, -0.1) is 0 Å². The van der Waals surface area contributed by atoms with E-state index >= 15 is 0 Å². The Balaban J connectivity index is 1.56. The van der Waals surface area contributed by atoms with Crippen LogP contribution in [0.3, 0.4) is 0 Å². The fraction of sp³-hybridized carbons (Fsp3) is 0.333. The molecule has 6 nitrogen and oxygen atoms in total. The highest BCUT2D eigenvalue weighted by Crippen LogP contribution is 2.32. The fourth-order valence-electron chi connectivity index (χ4n) is 3.55. The second kappa shape index (κ2) is 7.72. The summed E-state index contributed by atoms with van der Waals surface area (Å²) in [5.74, 6) is 1.27. The zero-order valence-corrected chi connectivity index (χ0v) is 16.4. The molecule has 2 aromatic carbocycles. The number of halogens is 1. The molecular weight excluding hydrogens is 380 g/mol. The number of hydrogen-bond donors (Lipinski definition) is 0. The monoisotopic (exact) mass is 400 g/mol. The van der Waals surface area contributed by atoms with Crippen LogP contribution in [0, 0.1) is 0 Å². The molecule has 2 aliphatic rings. The van der Waals surface area contributed by atoms with Gasteiger partial charge in [0, 0.05) is 31.6 Å². The average molecular weight is 401 g/mol. The van der Waals surface area contributed by atoms with Gasteiger partial charge >= 0.3 is 0 Å². The lowest BCUT2D eigenvalue weighted by atomic mass is 10.1. The normalized spacial score (nSPS) is 15.6. The van der Waals surface area contributed by atoms with E-state index < -0.39 is 0 Å². The summed E-state index contributed by atoms with van der Waals surface area (Å²) < 4.78 is 11.2. The summed E-state index contributed by atoms with van der Waals surface area (Å²) in [4.78, 5) is 28.6. The summed E-state index contributed by atoms with van der Waals surface area (Å²) in [7, 11) is 1.74. The standard InChI is InChI=1S/C21H21ClN2O4/c1-23(13-14-4-7-18-19(11-14)28-10-9-27-18)21(26)16-6-5-15(22)12-17(16)24-8-2-3-20(24)25/h4-7,11-12H,2-3,8-10,13H2,1H3. The van der Waals surface area contributed by atoms with Gasteiger partial charge in [-0.2, -0.15) is 0 Å². The minimum absolute atomic E-state index is 0.0193. The Labute approximate surface area is 168 Å². The van der Waals surface area contributed by atoms with Gasteiger partial charge in [-0.1, -0.05) is 17.7 Å².